The Kier molecular flexibility index (Phi) is 4.64. The number of halogens is 1. The summed E-state index contributed by atoms with van der Waals surface area (Å²) < 4.78 is 0. The third-order valence-corrected chi connectivity index (χ3v) is 3.58. The molecule has 1 aromatic heterocycles. The van der Waals surface area contributed by atoms with Gasteiger partial charge < -0.3 is 0 Å². The molecule has 5 heteroatoms. The van der Waals surface area contributed by atoms with Gasteiger partial charge in [-0.25, -0.2) is 0 Å². The second-order valence-corrected chi connectivity index (χ2v) is 5.44. The third-order valence-electron chi connectivity index (χ3n) is 3.30. The van der Waals surface area contributed by atoms with Crippen LogP contribution in [0, 0.1) is 6.92 Å². The lowest BCUT2D eigenvalue weighted by Crippen LogP contribution is -1.97. The topological polar surface area (TPSA) is 50.2 Å². The van der Waals surface area contributed by atoms with Gasteiger partial charge in [0.1, 0.15) is 0 Å². The number of anilines is 1. The summed E-state index contributed by atoms with van der Waals surface area (Å²) in [5.41, 5.74) is 6.90. The lowest BCUT2D eigenvalue weighted by molar-refractivity contribution is 1.02. The molecule has 114 valence electrons. The summed E-state index contributed by atoms with van der Waals surface area (Å²) in [7, 11) is 0. The predicted octanol–water partition coefficient (Wildman–Crippen LogP) is 4.55. The number of hydrogen-bond acceptors (Lipinski definition) is 4. The van der Waals surface area contributed by atoms with E-state index in [4.69, 9.17) is 11.6 Å². The summed E-state index contributed by atoms with van der Waals surface area (Å²) in [5, 5.41) is 12.5. The average Bonchev–Trinajstić information content (AvgIpc) is 2.59. The van der Waals surface area contributed by atoms with Crippen LogP contribution in [0.4, 0.5) is 5.82 Å². The first-order valence-corrected chi connectivity index (χ1v) is 7.54. The van der Waals surface area contributed by atoms with Crippen LogP contribution in [0.25, 0.3) is 11.1 Å². The molecule has 0 radical (unpaired) electrons. The second-order valence-electron chi connectivity index (χ2n) is 5.08. The van der Waals surface area contributed by atoms with E-state index in [1.165, 1.54) is 5.56 Å². The number of hydrogen-bond donors (Lipinski definition) is 1. The van der Waals surface area contributed by atoms with Gasteiger partial charge in [-0.05, 0) is 24.1 Å². The molecule has 0 saturated heterocycles. The highest BCUT2D eigenvalue weighted by Gasteiger charge is 2.06. The minimum Gasteiger partial charge on any atom is -0.260 e. The van der Waals surface area contributed by atoms with Crippen molar-refractivity contribution < 1.29 is 0 Å². The minimum atomic E-state index is 0.365. The van der Waals surface area contributed by atoms with Crippen LogP contribution in [0.1, 0.15) is 11.1 Å². The number of nitrogens with one attached hydrogen (secondary N) is 1. The highest BCUT2D eigenvalue weighted by atomic mass is 35.5. The maximum absolute atomic E-state index is 6.14. The van der Waals surface area contributed by atoms with Gasteiger partial charge in [-0.15, -0.1) is 10.2 Å². The van der Waals surface area contributed by atoms with Gasteiger partial charge in [0.25, 0.3) is 0 Å². The first-order chi connectivity index (χ1) is 11.2. The van der Waals surface area contributed by atoms with Crippen molar-refractivity contribution in [2.75, 3.05) is 5.43 Å². The molecular formula is C18H15ClN4. The molecule has 0 aliphatic heterocycles. The highest BCUT2D eigenvalue weighted by Crippen LogP contribution is 2.27. The Morgan fingerprint density at radius 3 is 2.48 bits per heavy atom. The molecule has 1 N–H and O–H groups in total. The van der Waals surface area contributed by atoms with E-state index in [9.17, 15) is 0 Å². The zero-order chi connectivity index (χ0) is 16.1. The van der Waals surface area contributed by atoms with Crippen LogP contribution in [0.15, 0.2) is 65.8 Å². The van der Waals surface area contributed by atoms with Crippen molar-refractivity contribution in [3.8, 4) is 11.1 Å². The van der Waals surface area contributed by atoms with Crippen molar-refractivity contribution in [3.63, 3.8) is 0 Å². The second kappa shape index (κ2) is 7.03. The Morgan fingerprint density at radius 2 is 1.74 bits per heavy atom. The van der Waals surface area contributed by atoms with Gasteiger partial charge in [0, 0.05) is 5.56 Å². The van der Waals surface area contributed by atoms with Gasteiger partial charge in [-0.3, -0.25) is 5.43 Å². The minimum absolute atomic E-state index is 0.365. The number of benzene rings is 2. The molecule has 3 rings (SSSR count). The maximum Gasteiger partial charge on any atom is 0.169 e. The fourth-order valence-corrected chi connectivity index (χ4v) is 2.28. The SMILES string of the molecule is Cc1ccc(/C=N/Nc2cc(-c3ccccc3)c(Cl)nn2)cc1. The van der Waals surface area contributed by atoms with Crippen molar-refractivity contribution in [1.82, 2.24) is 10.2 Å². The van der Waals surface area contributed by atoms with Crippen molar-refractivity contribution >= 4 is 23.6 Å². The van der Waals surface area contributed by atoms with E-state index in [0.29, 0.717) is 11.0 Å². The van der Waals surface area contributed by atoms with Gasteiger partial charge in [0.05, 0.1) is 6.21 Å². The molecule has 0 saturated carbocycles. The molecule has 0 bridgehead atoms. The summed E-state index contributed by atoms with van der Waals surface area (Å²) in [4.78, 5) is 0. The highest BCUT2D eigenvalue weighted by molar-refractivity contribution is 6.32. The molecule has 0 aliphatic rings. The van der Waals surface area contributed by atoms with Crippen LogP contribution >= 0.6 is 11.6 Å². The maximum atomic E-state index is 6.14. The fraction of sp³-hybridized carbons (Fsp3) is 0.0556. The molecule has 0 aliphatic carbocycles. The normalized spacial score (nSPS) is 10.9. The van der Waals surface area contributed by atoms with Crippen LogP contribution in [0.2, 0.25) is 5.15 Å². The molecule has 3 aromatic rings. The first kappa shape index (κ1) is 15.2. The zero-order valence-electron chi connectivity index (χ0n) is 12.6. The van der Waals surface area contributed by atoms with Crippen molar-refractivity contribution in [3.05, 3.63) is 76.9 Å². The Morgan fingerprint density at radius 1 is 1.00 bits per heavy atom. The summed E-state index contributed by atoms with van der Waals surface area (Å²) >= 11 is 6.14. The summed E-state index contributed by atoms with van der Waals surface area (Å²) in [6.07, 6.45) is 1.73. The van der Waals surface area contributed by atoms with Gasteiger partial charge in [0.15, 0.2) is 11.0 Å². The number of aryl methyl sites for hydroxylation is 1. The van der Waals surface area contributed by atoms with E-state index in [1.54, 1.807) is 6.21 Å². The van der Waals surface area contributed by atoms with Crippen molar-refractivity contribution in [2.24, 2.45) is 5.10 Å². The third kappa shape index (κ3) is 3.93. The number of aromatic nitrogens is 2. The van der Waals surface area contributed by atoms with E-state index in [1.807, 2.05) is 67.6 Å². The van der Waals surface area contributed by atoms with Crippen LogP contribution in [-0.2, 0) is 0 Å². The lowest BCUT2D eigenvalue weighted by atomic mass is 10.1. The molecule has 0 atom stereocenters. The number of rotatable bonds is 4. The van der Waals surface area contributed by atoms with Crippen LogP contribution in [-0.4, -0.2) is 16.4 Å². The monoisotopic (exact) mass is 322 g/mol. The molecule has 0 unspecified atom stereocenters. The molecule has 4 nitrogen and oxygen atoms in total. The van der Waals surface area contributed by atoms with E-state index < -0.39 is 0 Å². The molecule has 0 amide bonds. The lowest BCUT2D eigenvalue weighted by Gasteiger charge is -2.05. The van der Waals surface area contributed by atoms with Crippen LogP contribution < -0.4 is 5.43 Å². The van der Waals surface area contributed by atoms with Crippen LogP contribution in [0.5, 0.6) is 0 Å². The summed E-state index contributed by atoms with van der Waals surface area (Å²) in [6, 6.07) is 19.7. The van der Waals surface area contributed by atoms with E-state index >= 15 is 0 Å². The van der Waals surface area contributed by atoms with Crippen molar-refractivity contribution in [2.45, 2.75) is 6.92 Å². The van der Waals surface area contributed by atoms with Gasteiger partial charge in [0.2, 0.25) is 0 Å². The van der Waals surface area contributed by atoms with Gasteiger partial charge >= 0.3 is 0 Å². The first-order valence-electron chi connectivity index (χ1n) is 7.17. The molecule has 0 fully saturated rings. The summed E-state index contributed by atoms with van der Waals surface area (Å²) in [5.74, 6) is 0.539. The molecule has 2 aromatic carbocycles. The standard InChI is InChI=1S/C18H15ClN4/c1-13-7-9-14(10-8-13)12-20-21-17-11-16(18(19)23-22-17)15-5-3-2-4-6-15/h2-12H,1H3,(H,21,22)/b20-12+. The van der Waals surface area contributed by atoms with E-state index in [2.05, 4.69) is 20.7 Å². The Bertz CT molecular complexity index is 814. The predicted molar refractivity (Wildman–Crippen MR) is 94.9 cm³/mol. The zero-order valence-corrected chi connectivity index (χ0v) is 13.3. The average molecular weight is 323 g/mol. The number of hydrazone groups is 1. The van der Waals surface area contributed by atoms with Crippen molar-refractivity contribution in [1.29, 1.82) is 0 Å². The molecule has 23 heavy (non-hydrogen) atoms. The van der Waals surface area contributed by atoms with E-state index in [0.717, 1.165) is 16.7 Å². The van der Waals surface area contributed by atoms with Crippen LogP contribution in [0.3, 0.4) is 0 Å². The Balaban J connectivity index is 1.77. The summed E-state index contributed by atoms with van der Waals surface area (Å²) in [6.45, 7) is 2.05. The molecule has 0 spiro atoms. The Hall–Kier alpha value is -2.72. The quantitative estimate of drug-likeness (QED) is 0.566. The number of nitrogens with zero attached hydrogens (tertiary/aromatic N) is 3. The molecule has 1 heterocycles. The largest absolute Gasteiger partial charge is 0.260 e. The molecular weight excluding hydrogens is 308 g/mol. The Labute approximate surface area is 139 Å². The smallest absolute Gasteiger partial charge is 0.169 e. The van der Waals surface area contributed by atoms with Gasteiger partial charge in [-0.2, -0.15) is 5.10 Å². The van der Waals surface area contributed by atoms with E-state index in [-0.39, 0.29) is 0 Å². The van der Waals surface area contributed by atoms with Gasteiger partial charge in [-0.1, -0.05) is 71.8 Å². The fourth-order valence-electron chi connectivity index (χ4n) is 2.08.